The van der Waals surface area contributed by atoms with Crippen LogP contribution in [0.1, 0.15) is 38.1 Å². The lowest BCUT2D eigenvalue weighted by Crippen LogP contribution is -2.43. The minimum absolute atomic E-state index is 0.126. The van der Waals surface area contributed by atoms with Crippen LogP contribution >= 0.6 is 0 Å². The van der Waals surface area contributed by atoms with E-state index in [1.807, 2.05) is 6.07 Å². The van der Waals surface area contributed by atoms with E-state index in [9.17, 15) is 19.2 Å². The molecule has 0 aliphatic rings. The van der Waals surface area contributed by atoms with E-state index < -0.39 is 29.9 Å². The van der Waals surface area contributed by atoms with Gasteiger partial charge in [-0.1, -0.05) is 32.0 Å². The first-order chi connectivity index (χ1) is 14.7. The summed E-state index contributed by atoms with van der Waals surface area (Å²) in [7, 11) is 0. The fourth-order valence-electron chi connectivity index (χ4n) is 2.51. The monoisotopic (exact) mass is 425 g/mol. The van der Waals surface area contributed by atoms with Crippen molar-refractivity contribution in [2.45, 2.75) is 39.8 Å². The molecule has 0 unspecified atom stereocenters. The van der Waals surface area contributed by atoms with E-state index in [1.54, 1.807) is 62.4 Å². The number of urea groups is 1. The molecule has 0 saturated carbocycles. The number of amides is 3. The second-order valence-electron chi connectivity index (χ2n) is 7.35. The van der Waals surface area contributed by atoms with Crippen LogP contribution in [0.25, 0.3) is 0 Å². The van der Waals surface area contributed by atoms with Crippen molar-refractivity contribution in [3.8, 4) is 0 Å². The number of esters is 1. The van der Waals surface area contributed by atoms with Crippen LogP contribution in [0.2, 0.25) is 0 Å². The molecule has 0 aromatic heterocycles. The molecule has 0 aliphatic heterocycles. The highest BCUT2D eigenvalue weighted by molar-refractivity contribution is 6.01. The smallest absolute Gasteiger partial charge is 0.329 e. The van der Waals surface area contributed by atoms with Crippen LogP contribution in [0.15, 0.2) is 54.6 Å². The molecule has 0 heterocycles. The van der Waals surface area contributed by atoms with Crippen molar-refractivity contribution in [1.29, 1.82) is 0 Å². The highest BCUT2D eigenvalue weighted by atomic mass is 16.5. The van der Waals surface area contributed by atoms with Gasteiger partial charge in [-0.2, -0.15) is 0 Å². The van der Waals surface area contributed by atoms with E-state index in [1.165, 1.54) is 13.8 Å². The van der Waals surface area contributed by atoms with Crippen LogP contribution in [0.5, 0.6) is 0 Å². The molecule has 0 spiro atoms. The number of benzene rings is 2. The number of para-hydroxylation sites is 1. The fourth-order valence-corrected chi connectivity index (χ4v) is 2.51. The van der Waals surface area contributed by atoms with Crippen LogP contribution in [-0.2, 0) is 14.3 Å². The Morgan fingerprint density at radius 3 is 1.94 bits per heavy atom. The molecular weight excluding hydrogens is 398 g/mol. The molecule has 8 nitrogen and oxygen atoms in total. The standard InChI is InChI=1S/C23H27N3O5/c1-14(2)21(28)25-19-12-10-17(11-13-19)20(27)16(4)31-22(29)15(3)24-23(30)26-18-8-6-5-7-9-18/h5-16H,1-4H3,(H,25,28)(H2,24,26,30)/t15-,16+/m0/s1. The first-order valence-electron chi connectivity index (χ1n) is 9.95. The van der Waals surface area contributed by atoms with Crippen molar-refractivity contribution < 1.29 is 23.9 Å². The summed E-state index contributed by atoms with van der Waals surface area (Å²) in [5, 5.41) is 7.81. The van der Waals surface area contributed by atoms with E-state index in [2.05, 4.69) is 16.0 Å². The second-order valence-corrected chi connectivity index (χ2v) is 7.35. The van der Waals surface area contributed by atoms with E-state index in [0.717, 1.165) is 0 Å². The molecule has 2 aromatic rings. The van der Waals surface area contributed by atoms with E-state index in [4.69, 9.17) is 4.74 Å². The predicted molar refractivity (Wildman–Crippen MR) is 118 cm³/mol. The second kappa shape index (κ2) is 10.9. The van der Waals surface area contributed by atoms with Gasteiger partial charge in [0.15, 0.2) is 6.10 Å². The summed E-state index contributed by atoms with van der Waals surface area (Å²) in [5.41, 5.74) is 1.49. The van der Waals surface area contributed by atoms with Gasteiger partial charge in [0.05, 0.1) is 0 Å². The average molecular weight is 425 g/mol. The number of nitrogens with one attached hydrogen (secondary N) is 3. The average Bonchev–Trinajstić information content (AvgIpc) is 2.74. The van der Waals surface area contributed by atoms with Crippen LogP contribution in [-0.4, -0.2) is 35.8 Å². The topological polar surface area (TPSA) is 114 Å². The SMILES string of the molecule is CC(C)C(=O)Nc1ccc(C(=O)[C@@H](C)OC(=O)[C@H](C)NC(=O)Nc2ccccc2)cc1. The zero-order valence-electron chi connectivity index (χ0n) is 18.0. The molecule has 2 aromatic carbocycles. The number of Topliss-reactive ketones (excluding diaryl/α,β-unsaturated/α-hetero) is 1. The third kappa shape index (κ3) is 7.26. The highest BCUT2D eigenvalue weighted by Crippen LogP contribution is 2.14. The fraction of sp³-hybridized carbons (Fsp3) is 0.304. The van der Waals surface area contributed by atoms with Crippen molar-refractivity contribution in [1.82, 2.24) is 5.32 Å². The van der Waals surface area contributed by atoms with E-state index in [0.29, 0.717) is 16.9 Å². The van der Waals surface area contributed by atoms with Crippen molar-refractivity contribution >= 4 is 35.1 Å². The van der Waals surface area contributed by atoms with Crippen LogP contribution in [0.3, 0.4) is 0 Å². The molecule has 0 bridgehead atoms. The number of carbonyl (C=O) groups excluding carboxylic acids is 4. The molecule has 0 fully saturated rings. The minimum atomic E-state index is -1.04. The number of ketones is 1. The van der Waals surface area contributed by atoms with Crippen LogP contribution in [0, 0.1) is 5.92 Å². The summed E-state index contributed by atoms with van der Waals surface area (Å²) >= 11 is 0. The summed E-state index contributed by atoms with van der Waals surface area (Å²) in [5.74, 6) is -1.41. The van der Waals surface area contributed by atoms with Gasteiger partial charge in [0, 0.05) is 22.9 Å². The van der Waals surface area contributed by atoms with Gasteiger partial charge >= 0.3 is 12.0 Å². The lowest BCUT2D eigenvalue weighted by molar-refractivity contribution is -0.148. The molecule has 8 heteroatoms. The number of anilines is 2. The third-order valence-corrected chi connectivity index (χ3v) is 4.36. The Kier molecular flexibility index (Phi) is 8.31. The Hall–Kier alpha value is -3.68. The van der Waals surface area contributed by atoms with Crippen LogP contribution in [0.4, 0.5) is 16.2 Å². The molecule has 3 amide bonds. The molecule has 2 rings (SSSR count). The summed E-state index contributed by atoms with van der Waals surface area (Å²) in [6.07, 6.45) is -1.04. The summed E-state index contributed by atoms with van der Waals surface area (Å²) in [6, 6.07) is 13.6. The van der Waals surface area contributed by atoms with Gasteiger partial charge < -0.3 is 20.7 Å². The number of hydrogen-bond acceptors (Lipinski definition) is 5. The van der Waals surface area contributed by atoms with Crippen molar-refractivity contribution in [2.24, 2.45) is 5.92 Å². The Bertz CT molecular complexity index is 926. The van der Waals surface area contributed by atoms with Gasteiger partial charge in [0.2, 0.25) is 11.7 Å². The summed E-state index contributed by atoms with van der Waals surface area (Å²) in [6.45, 7) is 6.50. The first-order valence-corrected chi connectivity index (χ1v) is 9.95. The maximum atomic E-state index is 12.5. The number of rotatable bonds is 8. The quantitative estimate of drug-likeness (QED) is 0.442. The Morgan fingerprint density at radius 1 is 0.774 bits per heavy atom. The Labute approximate surface area is 181 Å². The number of ether oxygens (including phenoxy) is 1. The lowest BCUT2D eigenvalue weighted by atomic mass is 10.1. The Morgan fingerprint density at radius 2 is 1.35 bits per heavy atom. The predicted octanol–water partition coefficient (Wildman–Crippen LogP) is 3.61. The van der Waals surface area contributed by atoms with E-state index in [-0.39, 0.29) is 11.8 Å². The van der Waals surface area contributed by atoms with Gasteiger partial charge in [0.1, 0.15) is 6.04 Å². The maximum Gasteiger partial charge on any atom is 0.329 e. The molecule has 0 radical (unpaired) electrons. The zero-order chi connectivity index (χ0) is 23.0. The maximum absolute atomic E-state index is 12.5. The van der Waals surface area contributed by atoms with Crippen molar-refractivity contribution in [2.75, 3.05) is 10.6 Å². The molecular formula is C23H27N3O5. The third-order valence-electron chi connectivity index (χ3n) is 4.36. The van der Waals surface area contributed by atoms with Gasteiger partial charge in [-0.05, 0) is 50.2 Å². The molecule has 3 N–H and O–H groups in total. The van der Waals surface area contributed by atoms with Crippen molar-refractivity contribution in [3.63, 3.8) is 0 Å². The molecule has 31 heavy (non-hydrogen) atoms. The van der Waals surface area contributed by atoms with Gasteiger partial charge in [-0.25, -0.2) is 9.59 Å². The number of hydrogen-bond donors (Lipinski definition) is 3. The van der Waals surface area contributed by atoms with Gasteiger partial charge in [-0.3, -0.25) is 9.59 Å². The molecule has 0 aliphatic carbocycles. The largest absolute Gasteiger partial charge is 0.453 e. The molecule has 0 saturated heterocycles. The lowest BCUT2D eigenvalue weighted by Gasteiger charge is -2.17. The normalized spacial score (nSPS) is 12.4. The zero-order valence-corrected chi connectivity index (χ0v) is 18.0. The van der Waals surface area contributed by atoms with Gasteiger partial charge in [-0.15, -0.1) is 0 Å². The van der Waals surface area contributed by atoms with E-state index >= 15 is 0 Å². The van der Waals surface area contributed by atoms with Gasteiger partial charge in [0.25, 0.3) is 0 Å². The highest BCUT2D eigenvalue weighted by Gasteiger charge is 2.24. The summed E-state index contributed by atoms with van der Waals surface area (Å²) < 4.78 is 5.20. The van der Waals surface area contributed by atoms with Crippen LogP contribution < -0.4 is 16.0 Å². The Balaban J connectivity index is 1.87. The van der Waals surface area contributed by atoms with Crippen molar-refractivity contribution in [3.05, 3.63) is 60.2 Å². The first kappa shape index (κ1) is 23.6. The number of carbonyl (C=O) groups is 4. The molecule has 2 atom stereocenters. The minimum Gasteiger partial charge on any atom is -0.453 e. The summed E-state index contributed by atoms with van der Waals surface area (Å²) in [4.78, 5) is 48.5. The molecule has 164 valence electrons.